The molecule has 0 aromatic heterocycles. The lowest BCUT2D eigenvalue weighted by Gasteiger charge is -2.64. The highest BCUT2D eigenvalue weighted by molar-refractivity contribution is 5.37. The highest BCUT2D eigenvalue weighted by atomic mass is 15.2. The average Bonchev–Trinajstić information content (AvgIpc) is 2.81. The zero-order chi connectivity index (χ0) is 21.5. The molecule has 2 fully saturated rings. The van der Waals surface area contributed by atoms with Gasteiger partial charge in [-0.3, -0.25) is 4.90 Å². The SMILES string of the molecule is CC1CC2CC3=C(CCCN3Cc3ccccc3)C3(C1)C2CCCN3Cc1ccccc1. The first kappa shape index (κ1) is 20.5. The minimum Gasteiger partial charge on any atom is -0.370 e. The minimum atomic E-state index is 0.305. The summed E-state index contributed by atoms with van der Waals surface area (Å²) in [4.78, 5) is 5.74. The van der Waals surface area contributed by atoms with Gasteiger partial charge in [0.2, 0.25) is 0 Å². The van der Waals surface area contributed by atoms with E-state index in [9.17, 15) is 0 Å². The molecular formula is C30H38N2. The zero-order valence-corrected chi connectivity index (χ0v) is 19.7. The molecule has 2 aliphatic heterocycles. The maximum Gasteiger partial charge on any atom is 0.0477 e. The Bertz CT molecular complexity index is 965. The van der Waals surface area contributed by atoms with E-state index in [1.807, 2.05) is 5.57 Å². The van der Waals surface area contributed by atoms with Crippen molar-refractivity contribution in [2.75, 3.05) is 13.1 Å². The van der Waals surface area contributed by atoms with Crippen LogP contribution in [0, 0.1) is 17.8 Å². The van der Waals surface area contributed by atoms with Crippen LogP contribution in [-0.4, -0.2) is 28.4 Å². The second-order valence-electron chi connectivity index (χ2n) is 11.0. The Morgan fingerprint density at radius 2 is 1.59 bits per heavy atom. The second-order valence-corrected chi connectivity index (χ2v) is 11.0. The summed E-state index contributed by atoms with van der Waals surface area (Å²) >= 11 is 0. The Hall–Kier alpha value is -2.06. The summed E-state index contributed by atoms with van der Waals surface area (Å²) < 4.78 is 0. The normalized spacial score (nSPS) is 32.4. The van der Waals surface area contributed by atoms with E-state index < -0.39 is 0 Å². The number of piperidine rings is 1. The molecule has 4 aliphatic rings. The number of rotatable bonds is 4. The maximum atomic E-state index is 2.96. The minimum absolute atomic E-state index is 0.305. The standard InChI is InChI=1S/C30H38N2/c1-23-18-26-19-29-28(15-8-16-31(29)21-24-10-4-2-5-11-24)30(20-23)27(26)14-9-17-32(30)22-25-12-6-3-7-13-25/h2-7,10-13,23,26-27H,8-9,14-22H2,1H3. The largest absolute Gasteiger partial charge is 0.370 e. The quantitative estimate of drug-likeness (QED) is 0.541. The predicted octanol–water partition coefficient (Wildman–Crippen LogP) is 6.64. The summed E-state index contributed by atoms with van der Waals surface area (Å²) in [5.41, 5.74) is 6.85. The molecule has 2 aromatic carbocycles. The fourth-order valence-corrected chi connectivity index (χ4v) is 8.03. The molecule has 32 heavy (non-hydrogen) atoms. The van der Waals surface area contributed by atoms with Gasteiger partial charge in [-0.25, -0.2) is 0 Å². The molecule has 2 bridgehead atoms. The fraction of sp³-hybridized carbons (Fsp3) is 0.533. The summed E-state index contributed by atoms with van der Waals surface area (Å²) in [6, 6.07) is 22.4. The van der Waals surface area contributed by atoms with Gasteiger partial charge in [-0.1, -0.05) is 67.6 Å². The molecule has 6 rings (SSSR count). The predicted molar refractivity (Wildman–Crippen MR) is 132 cm³/mol. The first-order valence-corrected chi connectivity index (χ1v) is 13.0. The van der Waals surface area contributed by atoms with Gasteiger partial charge in [-0.05, 0) is 85.9 Å². The number of hydrogen-bond donors (Lipinski definition) is 0. The van der Waals surface area contributed by atoms with Crippen molar-refractivity contribution < 1.29 is 0 Å². The van der Waals surface area contributed by atoms with Crippen molar-refractivity contribution in [3.8, 4) is 0 Å². The van der Waals surface area contributed by atoms with Crippen molar-refractivity contribution in [1.29, 1.82) is 0 Å². The van der Waals surface area contributed by atoms with E-state index in [-0.39, 0.29) is 0 Å². The molecule has 4 unspecified atom stereocenters. The van der Waals surface area contributed by atoms with Crippen LogP contribution < -0.4 is 0 Å². The van der Waals surface area contributed by atoms with E-state index in [4.69, 9.17) is 0 Å². The number of benzene rings is 2. The topological polar surface area (TPSA) is 6.48 Å². The van der Waals surface area contributed by atoms with Crippen LogP contribution in [0.25, 0.3) is 0 Å². The van der Waals surface area contributed by atoms with Gasteiger partial charge in [0.15, 0.2) is 0 Å². The number of allylic oxidation sites excluding steroid dienone is 1. The molecule has 0 spiro atoms. The molecule has 4 atom stereocenters. The monoisotopic (exact) mass is 426 g/mol. The third kappa shape index (κ3) is 3.43. The summed E-state index contributed by atoms with van der Waals surface area (Å²) in [6.07, 6.45) is 9.59. The van der Waals surface area contributed by atoms with Crippen molar-refractivity contribution >= 4 is 0 Å². The molecule has 0 amide bonds. The van der Waals surface area contributed by atoms with Crippen molar-refractivity contribution in [2.45, 2.75) is 70.5 Å². The van der Waals surface area contributed by atoms with E-state index >= 15 is 0 Å². The van der Waals surface area contributed by atoms with E-state index in [0.29, 0.717) is 5.54 Å². The summed E-state index contributed by atoms with van der Waals surface area (Å²) in [5.74, 6) is 2.57. The van der Waals surface area contributed by atoms with Crippen LogP contribution >= 0.6 is 0 Å². The van der Waals surface area contributed by atoms with Crippen molar-refractivity contribution in [1.82, 2.24) is 9.80 Å². The summed E-state index contributed by atoms with van der Waals surface area (Å²) in [6.45, 7) is 7.24. The van der Waals surface area contributed by atoms with E-state index in [0.717, 1.165) is 30.8 Å². The Morgan fingerprint density at radius 3 is 2.34 bits per heavy atom. The van der Waals surface area contributed by atoms with Crippen LogP contribution in [-0.2, 0) is 13.1 Å². The van der Waals surface area contributed by atoms with Gasteiger partial charge in [-0.2, -0.15) is 0 Å². The number of hydrogen-bond acceptors (Lipinski definition) is 2. The van der Waals surface area contributed by atoms with Crippen LogP contribution in [0.1, 0.15) is 63.0 Å². The smallest absolute Gasteiger partial charge is 0.0477 e. The molecule has 0 radical (unpaired) electrons. The average molecular weight is 427 g/mol. The second kappa shape index (κ2) is 8.37. The van der Waals surface area contributed by atoms with Gasteiger partial charge in [0.25, 0.3) is 0 Å². The lowest BCUT2D eigenvalue weighted by Crippen LogP contribution is -2.65. The van der Waals surface area contributed by atoms with Crippen LogP contribution in [0.4, 0.5) is 0 Å². The van der Waals surface area contributed by atoms with Crippen molar-refractivity contribution in [2.24, 2.45) is 17.8 Å². The van der Waals surface area contributed by atoms with Gasteiger partial charge < -0.3 is 4.90 Å². The lowest BCUT2D eigenvalue weighted by molar-refractivity contribution is -0.0756. The summed E-state index contributed by atoms with van der Waals surface area (Å²) in [7, 11) is 0. The molecule has 1 saturated carbocycles. The molecule has 2 aliphatic carbocycles. The molecule has 0 N–H and O–H groups in total. The fourth-order valence-electron chi connectivity index (χ4n) is 8.03. The molecule has 2 aromatic rings. The molecule has 1 saturated heterocycles. The molecule has 168 valence electrons. The van der Waals surface area contributed by atoms with Gasteiger partial charge >= 0.3 is 0 Å². The Balaban J connectivity index is 1.42. The van der Waals surface area contributed by atoms with Crippen LogP contribution in [0.5, 0.6) is 0 Å². The van der Waals surface area contributed by atoms with Crippen LogP contribution in [0.3, 0.4) is 0 Å². The Kier molecular flexibility index (Phi) is 5.38. The van der Waals surface area contributed by atoms with Crippen molar-refractivity contribution in [3.63, 3.8) is 0 Å². The number of likely N-dealkylation sites (tertiary alicyclic amines) is 1. The Morgan fingerprint density at radius 1 is 0.875 bits per heavy atom. The van der Waals surface area contributed by atoms with Crippen molar-refractivity contribution in [3.05, 3.63) is 83.1 Å². The number of nitrogens with zero attached hydrogens (tertiary/aromatic N) is 2. The highest BCUT2D eigenvalue weighted by Gasteiger charge is 2.58. The van der Waals surface area contributed by atoms with Gasteiger partial charge in [0.05, 0.1) is 0 Å². The summed E-state index contributed by atoms with van der Waals surface area (Å²) in [5, 5.41) is 0. The highest BCUT2D eigenvalue weighted by Crippen LogP contribution is 2.60. The zero-order valence-electron chi connectivity index (χ0n) is 19.7. The van der Waals surface area contributed by atoms with E-state index in [1.165, 1.54) is 69.2 Å². The third-order valence-corrected chi connectivity index (χ3v) is 9.05. The lowest BCUT2D eigenvalue weighted by atomic mass is 9.52. The third-order valence-electron chi connectivity index (χ3n) is 9.05. The maximum absolute atomic E-state index is 2.96. The van der Waals surface area contributed by atoms with Gasteiger partial charge in [0, 0.05) is 30.9 Å². The first-order valence-electron chi connectivity index (χ1n) is 13.0. The van der Waals surface area contributed by atoms with Crippen LogP contribution in [0.2, 0.25) is 0 Å². The van der Waals surface area contributed by atoms with E-state index in [1.54, 1.807) is 5.70 Å². The molecule has 2 heteroatoms. The molecule has 2 heterocycles. The van der Waals surface area contributed by atoms with E-state index in [2.05, 4.69) is 77.4 Å². The molecular weight excluding hydrogens is 388 g/mol. The Labute approximate surface area is 194 Å². The van der Waals surface area contributed by atoms with Gasteiger partial charge in [0.1, 0.15) is 0 Å². The van der Waals surface area contributed by atoms with Gasteiger partial charge in [-0.15, -0.1) is 0 Å². The first-order chi connectivity index (χ1) is 15.7. The molecule has 2 nitrogen and oxygen atoms in total. The van der Waals surface area contributed by atoms with Crippen LogP contribution in [0.15, 0.2) is 71.9 Å².